The molecule has 2 rings (SSSR count). The van der Waals surface area contributed by atoms with Crippen LogP contribution in [0, 0.1) is 0 Å². The minimum absolute atomic E-state index is 0.515. The zero-order valence-electron chi connectivity index (χ0n) is 14.2. The Kier molecular flexibility index (Phi) is 6.32. The lowest BCUT2D eigenvalue weighted by Gasteiger charge is -2.05. The van der Waals surface area contributed by atoms with Crippen LogP contribution in [0.4, 0.5) is 11.4 Å². The number of hydrogen-bond acceptors (Lipinski definition) is 4. The van der Waals surface area contributed by atoms with Gasteiger partial charge in [0.1, 0.15) is 24.7 Å². The molecule has 2 aromatic carbocycles. The lowest BCUT2D eigenvalue weighted by Crippen LogP contribution is -1.96. The zero-order chi connectivity index (χ0) is 17.4. The van der Waals surface area contributed by atoms with Gasteiger partial charge < -0.3 is 9.47 Å². The molecule has 0 amide bonds. The standard InChI is InChI=1S/C20H22N2O2/c1-15(2)13-23-19-9-5-17(6-10-19)21-22-18-7-11-20(12-8-18)24-14-16(3)4/h5-12H,1,3,13-14H2,2,4H3/b22-21+. The van der Waals surface area contributed by atoms with E-state index in [0.717, 1.165) is 34.0 Å². The summed E-state index contributed by atoms with van der Waals surface area (Å²) in [5.74, 6) is 1.58. The molecule has 0 heterocycles. The molecule has 0 N–H and O–H groups in total. The van der Waals surface area contributed by atoms with Crippen molar-refractivity contribution in [1.29, 1.82) is 0 Å². The third-order valence-corrected chi connectivity index (χ3v) is 2.92. The van der Waals surface area contributed by atoms with E-state index in [-0.39, 0.29) is 0 Å². The van der Waals surface area contributed by atoms with Crippen LogP contribution in [0.15, 0.2) is 83.1 Å². The SMILES string of the molecule is C=C(C)COc1ccc(/N=N/c2ccc(OCC(=C)C)cc2)cc1. The summed E-state index contributed by atoms with van der Waals surface area (Å²) < 4.78 is 11.1. The third kappa shape index (κ3) is 6.08. The second-order valence-corrected chi connectivity index (χ2v) is 5.68. The van der Waals surface area contributed by atoms with Crippen LogP contribution in [0.3, 0.4) is 0 Å². The Morgan fingerprint density at radius 2 is 1.04 bits per heavy atom. The van der Waals surface area contributed by atoms with Crippen molar-refractivity contribution in [2.75, 3.05) is 13.2 Å². The Bertz CT molecular complexity index is 653. The first kappa shape index (κ1) is 17.5. The fourth-order valence-corrected chi connectivity index (χ4v) is 1.75. The molecule has 4 nitrogen and oxygen atoms in total. The van der Waals surface area contributed by atoms with Gasteiger partial charge in [0.2, 0.25) is 0 Å². The van der Waals surface area contributed by atoms with Gasteiger partial charge in [-0.3, -0.25) is 0 Å². The van der Waals surface area contributed by atoms with Gasteiger partial charge in [0.25, 0.3) is 0 Å². The second-order valence-electron chi connectivity index (χ2n) is 5.68. The smallest absolute Gasteiger partial charge is 0.119 e. The van der Waals surface area contributed by atoms with Gasteiger partial charge in [0.15, 0.2) is 0 Å². The molecule has 0 aromatic heterocycles. The van der Waals surface area contributed by atoms with Gasteiger partial charge in [-0.1, -0.05) is 13.2 Å². The van der Waals surface area contributed by atoms with Gasteiger partial charge in [0.05, 0.1) is 11.4 Å². The van der Waals surface area contributed by atoms with Crippen LogP contribution in [0.2, 0.25) is 0 Å². The normalized spacial score (nSPS) is 10.6. The van der Waals surface area contributed by atoms with Crippen molar-refractivity contribution in [2.45, 2.75) is 13.8 Å². The quantitative estimate of drug-likeness (QED) is 0.441. The van der Waals surface area contributed by atoms with Crippen LogP contribution in [0.25, 0.3) is 0 Å². The lowest BCUT2D eigenvalue weighted by molar-refractivity contribution is 0.352. The molecule has 0 fully saturated rings. The fraction of sp³-hybridized carbons (Fsp3) is 0.200. The van der Waals surface area contributed by atoms with Crippen LogP contribution in [-0.4, -0.2) is 13.2 Å². The molecular weight excluding hydrogens is 300 g/mol. The minimum Gasteiger partial charge on any atom is -0.489 e. The van der Waals surface area contributed by atoms with Crippen molar-refractivity contribution < 1.29 is 9.47 Å². The van der Waals surface area contributed by atoms with E-state index in [1.807, 2.05) is 62.4 Å². The first-order valence-corrected chi connectivity index (χ1v) is 7.69. The molecule has 0 aliphatic carbocycles. The molecule has 0 atom stereocenters. The Morgan fingerprint density at radius 3 is 1.33 bits per heavy atom. The first-order chi connectivity index (χ1) is 11.5. The summed E-state index contributed by atoms with van der Waals surface area (Å²) in [7, 11) is 0. The molecule has 0 unspecified atom stereocenters. The number of benzene rings is 2. The summed E-state index contributed by atoms with van der Waals surface area (Å²) in [6.07, 6.45) is 0. The van der Waals surface area contributed by atoms with E-state index in [9.17, 15) is 0 Å². The molecule has 0 saturated carbocycles. The maximum absolute atomic E-state index is 5.55. The largest absolute Gasteiger partial charge is 0.489 e. The van der Waals surface area contributed by atoms with Gasteiger partial charge in [-0.25, -0.2) is 0 Å². The van der Waals surface area contributed by atoms with Gasteiger partial charge in [-0.15, -0.1) is 0 Å². The number of nitrogens with zero attached hydrogens (tertiary/aromatic N) is 2. The average Bonchev–Trinajstić information content (AvgIpc) is 2.58. The number of azo groups is 1. The maximum Gasteiger partial charge on any atom is 0.119 e. The molecule has 0 saturated heterocycles. The molecule has 124 valence electrons. The van der Waals surface area contributed by atoms with Crippen molar-refractivity contribution >= 4 is 11.4 Å². The molecule has 0 radical (unpaired) electrons. The van der Waals surface area contributed by atoms with Crippen molar-refractivity contribution in [3.8, 4) is 11.5 Å². The predicted molar refractivity (Wildman–Crippen MR) is 97.7 cm³/mol. The fourth-order valence-electron chi connectivity index (χ4n) is 1.75. The van der Waals surface area contributed by atoms with Gasteiger partial charge >= 0.3 is 0 Å². The molecule has 24 heavy (non-hydrogen) atoms. The Balaban J connectivity index is 1.92. The van der Waals surface area contributed by atoms with Crippen LogP contribution in [-0.2, 0) is 0 Å². The molecular formula is C20H22N2O2. The first-order valence-electron chi connectivity index (χ1n) is 7.69. The second kappa shape index (κ2) is 8.67. The minimum atomic E-state index is 0.515. The van der Waals surface area contributed by atoms with E-state index in [1.165, 1.54) is 0 Å². The number of ether oxygens (including phenoxy) is 2. The number of rotatable bonds is 8. The summed E-state index contributed by atoms with van der Waals surface area (Å²) in [5, 5.41) is 8.43. The Morgan fingerprint density at radius 1 is 0.708 bits per heavy atom. The molecule has 0 spiro atoms. The van der Waals surface area contributed by atoms with E-state index in [1.54, 1.807) is 0 Å². The number of hydrogen-bond donors (Lipinski definition) is 0. The summed E-state index contributed by atoms with van der Waals surface area (Å²) in [6, 6.07) is 14.9. The lowest BCUT2D eigenvalue weighted by atomic mass is 10.3. The topological polar surface area (TPSA) is 43.2 Å². The average molecular weight is 322 g/mol. The van der Waals surface area contributed by atoms with Gasteiger partial charge in [0, 0.05) is 0 Å². The highest BCUT2D eigenvalue weighted by Crippen LogP contribution is 2.23. The summed E-state index contributed by atoms with van der Waals surface area (Å²) in [5.41, 5.74) is 3.49. The molecule has 0 aliphatic heterocycles. The van der Waals surface area contributed by atoms with Crippen LogP contribution >= 0.6 is 0 Å². The van der Waals surface area contributed by atoms with E-state index >= 15 is 0 Å². The van der Waals surface area contributed by atoms with Gasteiger partial charge in [-0.2, -0.15) is 10.2 Å². The van der Waals surface area contributed by atoms with Crippen LogP contribution < -0.4 is 9.47 Å². The molecule has 0 aliphatic rings. The highest BCUT2D eigenvalue weighted by atomic mass is 16.5. The van der Waals surface area contributed by atoms with E-state index < -0.39 is 0 Å². The van der Waals surface area contributed by atoms with Crippen molar-refractivity contribution in [3.05, 3.63) is 72.8 Å². The van der Waals surface area contributed by atoms with Crippen molar-refractivity contribution in [2.24, 2.45) is 10.2 Å². The highest BCUT2D eigenvalue weighted by Gasteiger charge is 1.97. The monoisotopic (exact) mass is 322 g/mol. The summed E-state index contributed by atoms with van der Waals surface area (Å²) in [4.78, 5) is 0. The van der Waals surface area contributed by atoms with E-state index in [2.05, 4.69) is 23.4 Å². The van der Waals surface area contributed by atoms with Crippen LogP contribution in [0.1, 0.15) is 13.8 Å². The molecule has 4 heteroatoms. The van der Waals surface area contributed by atoms with Crippen LogP contribution in [0.5, 0.6) is 11.5 Å². The Hall–Kier alpha value is -2.88. The van der Waals surface area contributed by atoms with Crippen molar-refractivity contribution in [3.63, 3.8) is 0 Å². The van der Waals surface area contributed by atoms with Crippen molar-refractivity contribution in [1.82, 2.24) is 0 Å². The predicted octanol–water partition coefficient (Wildman–Crippen LogP) is 6.01. The Labute approximate surface area is 143 Å². The highest BCUT2D eigenvalue weighted by molar-refractivity contribution is 5.44. The van der Waals surface area contributed by atoms with E-state index in [4.69, 9.17) is 9.47 Å². The molecule has 0 bridgehead atoms. The summed E-state index contributed by atoms with van der Waals surface area (Å²) >= 11 is 0. The maximum atomic E-state index is 5.55. The third-order valence-electron chi connectivity index (χ3n) is 2.92. The summed E-state index contributed by atoms with van der Waals surface area (Å²) in [6.45, 7) is 12.5. The molecule has 2 aromatic rings. The van der Waals surface area contributed by atoms with Gasteiger partial charge in [-0.05, 0) is 73.5 Å². The zero-order valence-corrected chi connectivity index (χ0v) is 14.2. The van der Waals surface area contributed by atoms with E-state index in [0.29, 0.717) is 13.2 Å².